The second-order valence-corrected chi connectivity index (χ2v) is 5.30. The molecule has 2 rings (SSSR count). The maximum Gasteiger partial charge on any atom is 0.242 e. The average Bonchev–Trinajstić information content (AvgIpc) is 2.88. The fourth-order valence-electron chi connectivity index (χ4n) is 2.19. The van der Waals surface area contributed by atoms with Gasteiger partial charge in [-0.3, -0.25) is 4.79 Å². The maximum absolute atomic E-state index is 12.1. The van der Waals surface area contributed by atoms with Crippen LogP contribution in [-0.4, -0.2) is 54.2 Å². The van der Waals surface area contributed by atoms with Crippen molar-refractivity contribution in [3.05, 3.63) is 23.4 Å². The van der Waals surface area contributed by atoms with Crippen molar-refractivity contribution in [2.75, 3.05) is 38.2 Å². The molecule has 0 radical (unpaired) electrons. The van der Waals surface area contributed by atoms with E-state index in [4.69, 9.17) is 16.7 Å². The van der Waals surface area contributed by atoms with E-state index in [-0.39, 0.29) is 25.0 Å². The second-order valence-electron chi connectivity index (χ2n) is 4.87. The Balaban J connectivity index is 1.90. The van der Waals surface area contributed by atoms with Crippen molar-refractivity contribution in [3.63, 3.8) is 0 Å². The van der Waals surface area contributed by atoms with Crippen molar-refractivity contribution in [3.8, 4) is 0 Å². The molecule has 1 aromatic heterocycles. The topological polar surface area (TPSA) is 56.7 Å². The first-order valence-corrected chi connectivity index (χ1v) is 6.69. The Bertz CT molecular complexity index is 438. The third kappa shape index (κ3) is 3.58. The fourth-order valence-corrected chi connectivity index (χ4v) is 2.30. The number of amides is 1. The van der Waals surface area contributed by atoms with Gasteiger partial charge in [-0.2, -0.15) is 0 Å². The van der Waals surface area contributed by atoms with Crippen LogP contribution < -0.4 is 4.90 Å². The molecule has 5 nitrogen and oxygen atoms in total. The standard InChI is InChI=1S/C13H18ClN3O2/c1-16(12-3-2-11(14)6-15-12)8-13(19)17-5-4-10(7-17)9-18/h2-3,6,10,18H,4-5,7-9H2,1H3. The number of halogens is 1. The van der Waals surface area contributed by atoms with Crippen molar-refractivity contribution < 1.29 is 9.90 Å². The lowest BCUT2D eigenvalue weighted by Crippen LogP contribution is -2.38. The lowest BCUT2D eigenvalue weighted by atomic mass is 10.1. The molecule has 1 amide bonds. The van der Waals surface area contributed by atoms with Crippen LogP contribution in [0.25, 0.3) is 0 Å². The highest BCUT2D eigenvalue weighted by atomic mass is 35.5. The SMILES string of the molecule is CN(CC(=O)N1CCC(CO)C1)c1ccc(Cl)cn1. The van der Waals surface area contributed by atoms with E-state index in [1.165, 1.54) is 0 Å². The fraction of sp³-hybridized carbons (Fsp3) is 0.538. The van der Waals surface area contributed by atoms with Crippen LogP contribution in [-0.2, 0) is 4.79 Å². The van der Waals surface area contributed by atoms with E-state index in [2.05, 4.69) is 4.98 Å². The first-order chi connectivity index (χ1) is 9.10. The third-order valence-electron chi connectivity index (χ3n) is 3.37. The Morgan fingerprint density at radius 3 is 3.00 bits per heavy atom. The molecule has 1 saturated heterocycles. The zero-order valence-corrected chi connectivity index (χ0v) is 11.7. The number of likely N-dealkylation sites (tertiary alicyclic amines) is 1. The number of likely N-dealkylation sites (N-methyl/N-ethyl adjacent to an activating group) is 1. The van der Waals surface area contributed by atoms with Crippen LogP contribution >= 0.6 is 11.6 Å². The number of rotatable bonds is 4. The number of pyridine rings is 1. The minimum atomic E-state index is 0.0650. The highest BCUT2D eigenvalue weighted by molar-refractivity contribution is 6.30. The van der Waals surface area contributed by atoms with Crippen molar-refractivity contribution in [1.82, 2.24) is 9.88 Å². The van der Waals surface area contributed by atoms with Gasteiger partial charge in [-0.1, -0.05) is 11.6 Å². The van der Waals surface area contributed by atoms with Crippen LogP contribution in [0.2, 0.25) is 5.02 Å². The van der Waals surface area contributed by atoms with Gasteiger partial charge in [0.25, 0.3) is 0 Å². The molecule has 1 atom stereocenters. The number of hydrogen-bond donors (Lipinski definition) is 1. The lowest BCUT2D eigenvalue weighted by molar-refractivity contribution is -0.128. The van der Waals surface area contributed by atoms with E-state index in [9.17, 15) is 4.79 Å². The number of nitrogens with zero attached hydrogens (tertiary/aromatic N) is 3. The summed E-state index contributed by atoms with van der Waals surface area (Å²) >= 11 is 5.78. The molecule has 0 aliphatic carbocycles. The average molecular weight is 284 g/mol. The number of carbonyl (C=O) groups is 1. The molecule has 0 aromatic carbocycles. The van der Waals surface area contributed by atoms with E-state index in [1.54, 1.807) is 28.1 Å². The molecule has 0 spiro atoms. The summed E-state index contributed by atoms with van der Waals surface area (Å²) in [5.41, 5.74) is 0. The summed E-state index contributed by atoms with van der Waals surface area (Å²) in [5, 5.41) is 9.66. The van der Waals surface area contributed by atoms with Gasteiger partial charge in [0.1, 0.15) is 5.82 Å². The van der Waals surface area contributed by atoms with Gasteiger partial charge in [0.15, 0.2) is 0 Å². The number of carbonyl (C=O) groups excluding carboxylic acids is 1. The predicted molar refractivity (Wildman–Crippen MR) is 74.3 cm³/mol. The minimum absolute atomic E-state index is 0.0650. The van der Waals surface area contributed by atoms with Gasteiger partial charge in [0.2, 0.25) is 5.91 Å². The van der Waals surface area contributed by atoms with Gasteiger partial charge < -0.3 is 14.9 Å². The van der Waals surface area contributed by atoms with Gasteiger partial charge in [-0.25, -0.2) is 4.98 Å². The van der Waals surface area contributed by atoms with Crippen LogP contribution in [0.5, 0.6) is 0 Å². The van der Waals surface area contributed by atoms with Crippen molar-refractivity contribution >= 4 is 23.3 Å². The van der Waals surface area contributed by atoms with E-state index in [1.807, 2.05) is 7.05 Å². The summed E-state index contributed by atoms with van der Waals surface area (Å²) in [5.74, 6) is 1.01. The number of aliphatic hydroxyl groups excluding tert-OH is 1. The molecule has 1 aliphatic heterocycles. The molecule has 1 aromatic rings. The van der Waals surface area contributed by atoms with Gasteiger partial charge >= 0.3 is 0 Å². The molecular weight excluding hydrogens is 266 g/mol. The Hall–Kier alpha value is -1.33. The van der Waals surface area contributed by atoms with E-state index >= 15 is 0 Å². The molecule has 1 unspecified atom stereocenters. The Morgan fingerprint density at radius 1 is 1.63 bits per heavy atom. The zero-order chi connectivity index (χ0) is 13.8. The largest absolute Gasteiger partial charge is 0.396 e. The summed E-state index contributed by atoms with van der Waals surface area (Å²) in [6.07, 6.45) is 2.45. The molecule has 1 aliphatic rings. The normalized spacial score (nSPS) is 18.7. The zero-order valence-electron chi connectivity index (χ0n) is 10.9. The smallest absolute Gasteiger partial charge is 0.242 e. The van der Waals surface area contributed by atoms with Crippen molar-refractivity contribution in [1.29, 1.82) is 0 Å². The van der Waals surface area contributed by atoms with E-state index < -0.39 is 0 Å². The second kappa shape index (κ2) is 6.21. The summed E-state index contributed by atoms with van der Waals surface area (Å²) in [7, 11) is 1.83. The summed E-state index contributed by atoms with van der Waals surface area (Å²) in [6.45, 7) is 1.81. The van der Waals surface area contributed by atoms with Crippen molar-refractivity contribution in [2.24, 2.45) is 5.92 Å². The van der Waals surface area contributed by atoms with Crippen LogP contribution in [0.1, 0.15) is 6.42 Å². The molecule has 104 valence electrons. The maximum atomic E-state index is 12.1. The van der Waals surface area contributed by atoms with Gasteiger partial charge in [0.05, 0.1) is 11.6 Å². The van der Waals surface area contributed by atoms with Crippen LogP contribution in [0.4, 0.5) is 5.82 Å². The van der Waals surface area contributed by atoms with Crippen molar-refractivity contribution in [2.45, 2.75) is 6.42 Å². The molecule has 19 heavy (non-hydrogen) atoms. The number of aliphatic hydroxyl groups is 1. The van der Waals surface area contributed by atoms with Gasteiger partial charge in [0, 0.05) is 38.9 Å². The minimum Gasteiger partial charge on any atom is -0.396 e. The summed E-state index contributed by atoms with van der Waals surface area (Å²) < 4.78 is 0. The predicted octanol–water partition coefficient (Wildman–Crippen LogP) is 1.01. The van der Waals surface area contributed by atoms with Crippen LogP contribution in [0.3, 0.4) is 0 Å². The molecule has 0 saturated carbocycles. The molecule has 6 heteroatoms. The summed E-state index contributed by atoms with van der Waals surface area (Å²) in [6, 6.07) is 3.54. The Morgan fingerprint density at radius 2 is 2.42 bits per heavy atom. The van der Waals surface area contributed by atoms with Gasteiger partial charge in [-0.05, 0) is 18.6 Å². The highest BCUT2D eigenvalue weighted by Crippen LogP contribution is 2.17. The Kier molecular flexibility index (Phi) is 4.61. The number of aromatic nitrogens is 1. The third-order valence-corrected chi connectivity index (χ3v) is 3.60. The van der Waals surface area contributed by atoms with Crippen LogP contribution in [0.15, 0.2) is 18.3 Å². The van der Waals surface area contributed by atoms with E-state index in [0.29, 0.717) is 11.6 Å². The number of anilines is 1. The van der Waals surface area contributed by atoms with Gasteiger partial charge in [-0.15, -0.1) is 0 Å². The first-order valence-electron chi connectivity index (χ1n) is 6.31. The molecule has 0 bridgehead atoms. The Labute approximate surface area is 117 Å². The molecule has 1 N–H and O–H groups in total. The molecule has 2 heterocycles. The monoisotopic (exact) mass is 283 g/mol. The quantitative estimate of drug-likeness (QED) is 0.896. The molecule has 1 fully saturated rings. The molecular formula is C13H18ClN3O2. The summed E-state index contributed by atoms with van der Waals surface area (Å²) in [4.78, 5) is 19.9. The highest BCUT2D eigenvalue weighted by Gasteiger charge is 2.26. The van der Waals surface area contributed by atoms with Crippen LogP contribution in [0, 0.1) is 5.92 Å². The van der Waals surface area contributed by atoms with E-state index in [0.717, 1.165) is 18.8 Å². The first kappa shape index (κ1) is 14.1. The lowest BCUT2D eigenvalue weighted by Gasteiger charge is -2.22. The number of hydrogen-bond acceptors (Lipinski definition) is 4.